The van der Waals surface area contributed by atoms with Crippen LogP contribution in [0, 0.1) is 0 Å². The number of aliphatic imine (C=N–C) groups is 1. The maximum absolute atomic E-state index is 12.6. The first-order valence-corrected chi connectivity index (χ1v) is 9.61. The maximum Gasteiger partial charge on any atom is 0.242 e. The van der Waals surface area contributed by atoms with Crippen LogP contribution in [0.25, 0.3) is 0 Å². The number of ether oxygens (including phenoxy) is 1. The topological polar surface area (TPSA) is 66.0 Å². The number of hydrogen-bond acceptors (Lipinski definition) is 3. The first kappa shape index (κ1) is 23.0. The van der Waals surface area contributed by atoms with Crippen molar-refractivity contribution in [2.75, 3.05) is 33.8 Å². The fourth-order valence-electron chi connectivity index (χ4n) is 3.32. The molecule has 3 rings (SSSR count). The summed E-state index contributed by atoms with van der Waals surface area (Å²) in [6, 6.07) is 16.3. The Bertz CT molecular complexity index is 824. The van der Waals surface area contributed by atoms with Gasteiger partial charge in [0.2, 0.25) is 5.91 Å². The lowest BCUT2D eigenvalue weighted by atomic mass is 10.00. The van der Waals surface area contributed by atoms with Gasteiger partial charge in [0.1, 0.15) is 5.75 Å². The first-order chi connectivity index (χ1) is 13.7. The highest BCUT2D eigenvalue weighted by atomic mass is 127. The van der Waals surface area contributed by atoms with E-state index in [9.17, 15) is 4.79 Å². The van der Waals surface area contributed by atoms with Gasteiger partial charge in [-0.05, 0) is 41.7 Å². The van der Waals surface area contributed by atoms with Gasteiger partial charge in [0.25, 0.3) is 0 Å². The molecule has 1 amide bonds. The van der Waals surface area contributed by atoms with Crippen molar-refractivity contribution < 1.29 is 9.53 Å². The van der Waals surface area contributed by atoms with Gasteiger partial charge in [-0.2, -0.15) is 0 Å². The number of methoxy groups -OCH3 is 1. The smallest absolute Gasteiger partial charge is 0.242 e. The van der Waals surface area contributed by atoms with Gasteiger partial charge in [-0.3, -0.25) is 9.79 Å². The Balaban J connectivity index is 0.00000300. The summed E-state index contributed by atoms with van der Waals surface area (Å²) in [5.74, 6) is 1.58. The molecule has 1 heterocycles. The summed E-state index contributed by atoms with van der Waals surface area (Å²) in [7, 11) is 3.38. The number of fused-ring (bicyclic) bond motifs is 1. The van der Waals surface area contributed by atoms with Gasteiger partial charge in [0.15, 0.2) is 5.96 Å². The maximum atomic E-state index is 12.6. The predicted molar refractivity (Wildman–Crippen MR) is 127 cm³/mol. The molecule has 0 bridgehead atoms. The van der Waals surface area contributed by atoms with Crippen molar-refractivity contribution in [1.29, 1.82) is 0 Å². The van der Waals surface area contributed by atoms with Crippen LogP contribution in [-0.4, -0.2) is 50.6 Å². The lowest BCUT2D eigenvalue weighted by Crippen LogP contribution is -2.46. The number of benzene rings is 2. The highest BCUT2D eigenvalue weighted by Gasteiger charge is 2.20. The summed E-state index contributed by atoms with van der Waals surface area (Å²) >= 11 is 0. The van der Waals surface area contributed by atoms with E-state index < -0.39 is 0 Å². The Morgan fingerprint density at radius 2 is 1.83 bits per heavy atom. The van der Waals surface area contributed by atoms with E-state index in [0.717, 1.165) is 31.7 Å². The number of halogens is 1. The molecule has 0 aliphatic carbocycles. The van der Waals surface area contributed by atoms with Gasteiger partial charge in [-0.15, -0.1) is 24.0 Å². The number of amides is 1. The SMILES string of the molecule is CN=C(NCCc1ccc(OC)cc1)NCC(=O)N1CCc2ccccc2C1.I. The minimum absolute atomic E-state index is 0. The van der Waals surface area contributed by atoms with Crippen LogP contribution >= 0.6 is 24.0 Å². The third kappa shape index (κ3) is 6.62. The van der Waals surface area contributed by atoms with E-state index in [1.54, 1.807) is 14.2 Å². The van der Waals surface area contributed by atoms with Crippen LogP contribution in [0.1, 0.15) is 16.7 Å². The van der Waals surface area contributed by atoms with Crippen molar-refractivity contribution in [3.8, 4) is 5.75 Å². The molecule has 2 aromatic carbocycles. The molecule has 0 unspecified atom stereocenters. The standard InChI is InChI=1S/C22H28N4O2.HI/c1-23-22(24-13-11-17-7-9-20(28-2)10-8-17)25-15-21(27)26-14-12-18-5-3-4-6-19(18)16-26;/h3-10H,11-16H2,1-2H3,(H2,23,24,25);1H. The number of hydrogen-bond donors (Lipinski definition) is 2. The van der Waals surface area contributed by atoms with Gasteiger partial charge >= 0.3 is 0 Å². The molecule has 2 aromatic rings. The van der Waals surface area contributed by atoms with Crippen LogP contribution in [0.3, 0.4) is 0 Å². The Hall–Kier alpha value is -2.29. The Labute approximate surface area is 189 Å². The van der Waals surface area contributed by atoms with Gasteiger partial charge < -0.3 is 20.3 Å². The number of guanidine groups is 1. The Morgan fingerprint density at radius 3 is 2.52 bits per heavy atom. The fourth-order valence-corrected chi connectivity index (χ4v) is 3.32. The zero-order valence-corrected chi connectivity index (χ0v) is 19.3. The van der Waals surface area contributed by atoms with Gasteiger partial charge in [0.05, 0.1) is 13.7 Å². The summed E-state index contributed by atoms with van der Waals surface area (Å²) in [5, 5.41) is 6.38. The molecule has 1 aliphatic rings. The van der Waals surface area contributed by atoms with Crippen LogP contribution in [0.5, 0.6) is 5.75 Å². The fraction of sp³-hybridized carbons (Fsp3) is 0.364. The number of nitrogens with zero attached hydrogens (tertiary/aromatic N) is 2. The molecule has 0 saturated heterocycles. The molecule has 0 fully saturated rings. The average molecular weight is 508 g/mol. The molecule has 0 atom stereocenters. The number of carbonyl (C=O) groups excluding carboxylic acids is 1. The van der Waals surface area contributed by atoms with Crippen LogP contribution < -0.4 is 15.4 Å². The highest BCUT2D eigenvalue weighted by Crippen LogP contribution is 2.18. The van der Waals surface area contributed by atoms with Crippen LogP contribution in [0.2, 0.25) is 0 Å². The van der Waals surface area contributed by atoms with E-state index in [0.29, 0.717) is 12.5 Å². The van der Waals surface area contributed by atoms with E-state index in [1.165, 1.54) is 16.7 Å². The average Bonchev–Trinajstić information content (AvgIpc) is 2.76. The molecular formula is C22H29IN4O2. The third-order valence-electron chi connectivity index (χ3n) is 4.98. The van der Waals surface area contributed by atoms with E-state index in [-0.39, 0.29) is 36.4 Å². The van der Waals surface area contributed by atoms with Gasteiger partial charge in [-0.1, -0.05) is 36.4 Å². The van der Waals surface area contributed by atoms with E-state index in [2.05, 4.69) is 46.0 Å². The summed E-state index contributed by atoms with van der Waals surface area (Å²) in [6.07, 6.45) is 1.78. The lowest BCUT2D eigenvalue weighted by Gasteiger charge is -2.29. The van der Waals surface area contributed by atoms with E-state index in [4.69, 9.17) is 4.74 Å². The predicted octanol–water partition coefficient (Wildman–Crippen LogP) is 2.61. The lowest BCUT2D eigenvalue weighted by molar-refractivity contribution is -0.130. The van der Waals surface area contributed by atoms with Crippen molar-refractivity contribution >= 4 is 35.8 Å². The highest BCUT2D eigenvalue weighted by molar-refractivity contribution is 14.0. The molecule has 2 N–H and O–H groups in total. The second-order valence-corrected chi connectivity index (χ2v) is 6.78. The molecule has 0 aromatic heterocycles. The molecule has 1 aliphatic heterocycles. The molecule has 6 nitrogen and oxygen atoms in total. The zero-order chi connectivity index (χ0) is 19.8. The van der Waals surface area contributed by atoms with Crippen LogP contribution in [-0.2, 0) is 24.2 Å². The monoisotopic (exact) mass is 508 g/mol. The first-order valence-electron chi connectivity index (χ1n) is 9.61. The van der Waals surface area contributed by atoms with Crippen molar-refractivity contribution in [1.82, 2.24) is 15.5 Å². The Morgan fingerprint density at radius 1 is 1.10 bits per heavy atom. The molecule has 156 valence electrons. The number of rotatable bonds is 6. The van der Waals surface area contributed by atoms with Crippen molar-refractivity contribution in [3.05, 3.63) is 65.2 Å². The molecule has 29 heavy (non-hydrogen) atoms. The summed E-state index contributed by atoms with van der Waals surface area (Å²) in [5.41, 5.74) is 3.80. The minimum atomic E-state index is 0. The molecule has 0 saturated carbocycles. The number of carbonyl (C=O) groups is 1. The summed E-state index contributed by atoms with van der Waals surface area (Å²) < 4.78 is 5.17. The van der Waals surface area contributed by atoms with Gasteiger partial charge in [-0.25, -0.2) is 0 Å². The van der Waals surface area contributed by atoms with Crippen LogP contribution in [0.15, 0.2) is 53.5 Å². The number of nitrogens with one attached hydrogen (secondary N) is 2. The van der Waals surface area contributed by atoms with E-state index >= 15 is 0 Å². The van der Waals surface area contributed by atoms with Crippen LogP contribution in [0.4, 0.5) is 0 Å². The quantitative estimate of drug-likeness (QED) is 0.358. The van der Waals surface area contributed by atoms with Crippen molar-refractivity contribution in [2.24, 2.45) is 4.99 Å². The molecular weight excluding hydrogens is 479 g/mol. The van der Waals surface area contributed by atoms with Crippen molar-refractivity contribution in [2.45, 2.75) is 19.4 Å². The second-order valence-electron chi connectivity index (χ2n) is 6.78. The zero-order valence-electron chi connectivity index (χ0n) is 17.0. The third-order valence-corrected chi connectivity index (χ3v) is 4.98. The normalized spacial score (nSPS) is 13.2. The van der Waals surface area contributed by atoms with Crippen molar-refractivity contribution in [3.63, 3.8) is 0 Å². The largest absolute Gasteiger partial charge is 0.497 e. The molecule has 0 radical (unpaired) electrons. The summed E-state index contributed by atoms with van der Waals surface area (Å²) in [4.78, 5) is 18.7. The second kappa shape index (κ2) is 11.6. The van der Waals surface area contributed by atoms with E-state index in [1.807, 2.05) is 23.1 Å². The summed E-state index contributed by atoms with van der Waals surface area (Å²) in [6.45, 7) is 2.42. The Kier molecular flexibility index (Phi) is 9.24. The van der Waals surface area contributed by atoms with Gasteiger partial charge in [0, 0.05) is 26.7 Å². The minimum Gasteiger partial charge on any atom is -0.497 e. The molecule has 7 heteroatoms. The molecule has 0 spiro atoms.